The number of benzene rings is 4. The van der Waals surface area contributed by atoms with Gasteiger partial charge in [0, 0.05) is 22.4 Å². The van der Waals surface area contributed by atoms with E-state index in [0.717, 1.165) is 5.56 Å². The van der Waals surface area contributed by atoms with Gasteiger partial charge in [0.1, 0.15) is 6.04 Å². The lowest BCUT2D eigenvalue weighted by atomic mass is 10.0. The third-order valence-electron chi connectivity index (χ3n) is 5.94. The molecule has 1 aliphatic heterocycles. The second-order valence-corrected chi connectivity index (χ2v) is 8.14. The van der Waals surface area contributed by atoms with E-state index >= 15 is 0 Å². The Balaban J connectivity index is 1.35. The summed E-state index contributed by atoms with van der Waals surface area (Å²) in [6.07, 6.45) is 0. The van der Waals surface area contributed by atoms with E-state index in [1.807, 2.05) is 54.6 Å². The molecule has 1 aliphatic rings. The minimum Gasteiger partial charge on any atom is -0.322 e. The van der Waals surface area contributed by atoms with Crippen LogP contribution in [0.4, 0.5) is 5.69 Å². The number of ketones is 1. The lowest BCUT2D eigenvalue weighted by Crippen LogP contribution is -2.19. The summed E-state index contributed by atoms with van der Waals surface area (Å²) >= 11 is 0. The summed E-state index contributed by atoms with van der Waals surface area (Å²) in [7, 11) is 0. The van der Waals surface area contributed by atoms with E-state index in [-0.39, 0.29) is 23.6 Å². The maximum absolute atomic E-state index is 13.4. The average Bonchev–Trinajstić information content (AvgIpc) is 3.65. The molecule has 166 valence electrons. The van der Waals surface area contributed by atoms with Crippen LogP contribution < -0.4 is 5.32 Å². The average molecular weight is 447 g/mol. The van der Waals surface area contributed by atoms with Gasteiger partial charge in [-0.05, 0) is 42.0 Å². The molecule has 1 heterocycles. The highest BCUT2D eigenvalue weighted by Gasteiger charge is 2.56. The topological polar surface area (TPSA) is 66.2 Å². The first kappa shape index (κ1) is 21.3. The van der Waals surface area contributed by atoms with E-state index < -0.39 is 6.04 Å². The molecule has 4 aromatic rings. The van der Waals surface area contributed by atoms with Crippen LogP contribution in [0.15, 0.2) is 115 Å². The maximum atomic E-state index is 13.4. The lowest BCUT2D eigenvalue weighted by molar-refractivity contribution is 0.0833. The Morgan fingerprint density at radius 2 is 1.12 bits per heavy atom. The highest BCUT2D eigenvalue weighted by molar-refractivity contribution is 6.09. The van der Waals surface area contributed by atoms with Crippen LogP contribution in [0.3, 0.4) is 0 Å². The molecule has 0 saturated carbocycles. The Bertz CT molecular complexity index is 1320. The molecule has 0 aliphatic carbocycles. The van der Waals surface area contributed by atoms with Crippen molar-refractivity contribution in [2.75, 3.05) is 5.32 Å². The molecule has 2 atom stereocenters. The van der Waals surface area contributed by atoms with Crippen LogP contribution >= 0.6 is 0 Å². The summed E-state index contributed by atoms with van der Waals surface area (Å²) in [4.78, 5) is 40.6. The molecule has 5 heteroatoms. The van der Waals surface area contributed by atoms with Gasteiger partial charge in [-0.1, -0.05) is 78.9 Å². The molecule has 0 radical (unpaired) electrons. The first-order valence-electron chi connectivity index (χ1n) is 11.1. The van der Waals surface area contributed by atoms with Gasteiger partial charge in [0.15, 0.2) is 5.78 Å². The molecule has 5 nitrogen and oxygen atoms in total. The van der Waals surface area contributed by atoms with E-state index in [9.17, 15) is 14.4 Å². The number of hydrogen-bond acceptors (Lipinski definition) is 3. The minimum absolute atomic E-state index is 0.0745. The first-order valence-corrected chi connectivity index (χ1v) is 11.1. The van der Waals surface area contributed by atoms with E-state index in [0.29, 0.717) is 22.4 Å². The van der Waals surface area contributed by atoms with Gasteiger partial charge in [-0.2, -0.15) is 0 Å². The normalized spacial score (nSPS) is 16.5. The summed E-state index contributed by atoms with van der Waals surface area (Å²) in [6, 6.07) is 33.5. The van der Waals surface area contributed by atoms with E-state index in [1.54, 1.807) is 65.6 Å². The van der Waals surface area contributed by atoms with Gasteiger partial charge in [0.25, 0.3) is 11.8 Å². The second kappa shape index (κ2) is 9.16. The fourth-order valence-corrected chi connectivity index (χ4v) is 4.16. The van der Waals surface area contributed by atoms with Crippen molar-refractivity contribution in [3.05, 3.63) is 138 Å². The number of hydrogen-bond donors (Lipinski definition) is 1. The summed E-state index contributed by atoms with van der Waals surface area (Å²) in [5.41, 5.74) is 3.12. The number of nitrogens with zero attached hydrogens (tertiary/aromatic N) is 1. The van der Waals surface area contributed by atoms with Crippen molar-refractivity contribution >= 4 is 23.3 Å². The predicted molar refractivity (Wildman–Crippen MR) is 131 cm³/mol. The molecule has 1 saturated heterocycles. The monoisotopic (exact) mass is 446 g/mol. The van der Waals surface area contributed by atoms with Crippen LogP contribution in [0.1, 0.15) is 42.7 Å². The largest absolute Gasteiger partial charge is 0.322 e. The van der Waals surface area contributed by atoms with Gasteiger partial charge >= 0.3 is 0 Å². The van der Waals surface area contributed by atoms with Gasteiger partial charge < -0.3 is 10.2 Å². The molecule has 5 rings (SSSR count). The second-order valence-electron chi connectivity index (χ2n) is 8.14. The highest BCUT2D eigenvalue weighted by Crippen LogP contribution is 2.45. The van der Waals surface area contributed by atoms with Crippen molar-refractivity contribution in [1.29, 1.82) is 0 Å². The third kappa shape index (κ3) is 4.24. The van der Waals surface area contributed by atoms with E-state index in [4.69, 9.17) is 0 Å². The molecule has 1 N–H and O–H groups in total. The Hall–Kier alpha value is -4.51. The molecule has 0 unspecified atom stereocenters. The Morgan fingerprint density at radius 1 is 0.588 bits per heavy atom. The standard InChI is InChI=1S/C29H22N2O3/c32-27(21-12-6-2-7-13-21)26-25(20-10-4-1-5-11-20)31(26)29(34)23-16-18-24(19-17-23)30-28(33)22-14-8-3-9-15-22/h1-19,25-26H,(H,30,33)/t25-,26+,31?/m1/s1. The molecular weight excluding hydrogens is 424 g/mol. The Kier molecular flexibility index (Phi) is 5.75. The van der Waals surface area contributed by atoms with Crippen molar-refractivity contribution < 1.29 is 14.4 Å². The van der Waals surface area contributed by atoms with Crippen LogP contribution in [-0.2, 0) is 0 Å². The number of Topliss-reactive ketones (excluding diaryl/α,β-unsaturated/α-hetero) is 1. The number of carbonyl (C=O) groups excluding carboxylic acids is 3. The summed E-state index contributed by atoms with van der Waals surface area (Å²) in [5.74, 6) is -0.512. The van der Waals surface area contributed by atoms with Gasteiger partial charge in [0.05, 0.1) is 6.04 Å². The van der Waals surface area contributed by atoms with E-state index in [2.05, 4.69) is 5.32 Å². The van der Waals surface area contributed by atoms with E-state index in [1.165, 1.54) is 0 Å². The number of carbonyl (C=O) groups is 3. The molecule has 0 bridgehead atoms. The number of nitrogens with one attached hydrogen (secondary N) is 1. The fourth-order valence-electron chi connectivity index (χ4n) is 4.16. The highest BCUT2D eigenvalue weighted by atomic mass is 16.2. The zero-order valence-corrected chi connectivity index (χ0v) is 18.3. The molecule has 34 heavy (non-hydrogen) atoms. The lowest BCUT2D eigenvalue weighted by Gasteiger charge is -2.08. The molecule has 0 spiro atoms. The maximum Gasteiger partial charge on any atom is 0.255 e. The quantitative estimate of drug-likeness (QED) is 0.319. The molecule has 1 fully saturated rings. The van der Waals surface area contributed by atoms with Crippen molar-refractivity contribution in [2.45, 2.75) is 12.1 Å². The van der Waals surface area contributed by atoms with Gasteiger partial charge in [-0.15, -0.1) is 0 Å². The van der Waals surface area contributed by atoms with Crippen molar-refractivity contribution in [3.63, 3.8) is 0 Å². The third-order valence-corrected chi connectivity index (χ3v) is 5.94. The molecule has 0 aromatic heterocycles. The number of rotatable bonds is 6. The zero-order valence-electron chi connectivity index (χ0n) is 18.3. The van der Waals surface area contributed by atoms with Crippen LogP contribution in [0.25, 0.3) is 0 Å². The summed E-state index contributed by atoms with van der Waals surface area (Å²) in [5, 5.41) is 2.83. The predicted octanol–water partition coefficient (Wildman–Crippen LogP) is 5.39. The van der Waals surface area contributed by atoms with Crippen LogP contribution in [0.2, 0.25) is 0 Å². The van der Waals surface area contributed by atoms with Crippen molar-refractivity contribution in [2.24, 2.45) is 0 Å². The fraction of sp³-hybridized carbons (Fsp3) is 0.0690. The van der Waals surface area contributed by atoms with Gasteiger partial charge in [-0.3, -0.25) is 14.4 Å². The van der Waals surface area contributed by atoms with Crippen LogP contribution in [0.5, 0.6) is 0 Å². The summed E-state index contributed by atoms with van der Waals surface area (Å²) < 4.78 is 0. The SMILES string of the molecule is O=C(Nc1ccc(C(=O)N2[C@H](C(=O)c3ccccc3)[C@H]2c2ccccc2)cc1)c1ccccc1. The Labute approximate surface area is 197 Å². The van der Waals surface area contributed by atoms with Crippen molar-refractivity contribution in [1.82, 2.24) is 4.90 Å². The minimum atomic E-state index is -0.547. The molecule has 2 amide bonds. The number of anilines is 1. The van der Waals surface area contributed by atoms with Crippen LogP contribution in [0, 0.1) is 0 Å². The molecular formula is C29H22N2O3. The van der Waals surface area contributed by atoms with Crippen molar-refractivity contribution in [3.8, 4) is 0 Å². The molecule has 4 aromatic carbocycles. The zero-order chi connectivity index (χ0) is 23.5. The first-order chi connectivity index (χ1) is 16.6. The smallest absolute Gasteiger partial charge is 0.255 e. The number of amides is 2. The summed E-state index contributed by atoms with van der Waals surface area (Å²) in [6.45, 7) is 0. The van der Waals surface area contributed by atoms with Gasteiger partial charge in [-0.25, -0.2) is 0 Å². The van der Waals surface area contributed by atoms with Gasteiger partial charge in [0.2, 0.25) is 0 Å². The van der Waals surface area contributed by atoms with Crippen LogP contribution in [-0.4, -0.2) is 28.5 Å². The Morgan fingerprint density at radius 3 is 1.71 bits per heavy atom.